The topological polar surface area (TPSA) is 88.9 Å². The molecule has 0 aromatic carbocycles. The molecular weight excluding hydrogens is 294 g/mol. The number of nitriles is 1. The van der Waals surface area contributed by atoms with Gasteiger partial charge >= 0.3 is 5.97 Å². The first-order valence-electron chi connectivity index (χ1n) is 8.22. The van der Waals surface area contributed by atoms with Gasteiger partial charge in [0.25, 0.3) is 0 Å². The number of ether oxygens (including phenoxy) is 1. The Labute approximate surface area is 135 Å². The monoisotopic (exact) mass is 315 g/mol. The van der Waals surface area contributed by atoms with Crippen LogP contribution >= 0.6 is 0 Å². The van der Waals surface area contributed by atoms with Crippen molar-refractivity contribution >= 4 is 5.97 Å². The Morgan fingerprint density at radius 1 is 1.52 bits per heavy atom. The van der Waals surface area contributed by atoms with Gasteiger partial charge in [-0.25, -0.2) is 4.79 Å². The van der Waals surface area contributed by atoms with Crippen molar-refractivity contribution in [1.29, 1.82) is 5.26 Å². The number of piperidine rings is 1. The second-order valence-electron chi connectivity index (χ2n) is 7.25. The number of carboxylic acids is 1. The Morgan fingerprint density at radius 3 is 2.70 bits per heavy atom. The van der Waals surface area contributed by atoms with Crippen molar-refractivity contribution in [3.05, 3.63) is 23.9 Å². The molecule has 0 aliphatic carbocycles. The highest BCUT2D eigenvalue weighted by molar-refractivity contribution is 5.90. The van der Waals surface area contributed by atoms with Gasteiger partial charge in [-0.05, 0) is 51.0 Å². The number of carboxylic acid groups (broad SMARTS) is 1. The molecule has 122 valence electrons. The predicted molar refractivity (Wildman–Crippen MR) is 82.4 cm³/mol. The Balaban J connectivity index is 1.63. The molecule has 0 saturated carbocycles. The first-order chi connectivity index (χ1) is 11.0. The van der Waals surface area contributed by atoms with Gasteiger partial charge in [0.2, 0.25) is 0 Å². The molecule has 1 spiro atoms. The highest BCUT2D eigenvalue weighted by atomic mass is 16.6. The van der Waals surface area contributed by atoms with Crippen LogP contribution in [-0.4, -0.2) is 51.8 Å². The molecule has 0 aromatic rings. The van der Waals surface area contributed by atoms with Crippen molar-refractivity contribution in [3.8, 4) is 6.07 Å². The van der Waals surface area contributed by atoms with Crippen LogP contribution in [0.4, 0.5) is 0 Å². The number of nitrogens with one attached hydrogen (secondary N) is 1. The molecule has 4 aliphatic rings. The third-order valence-corrected chi connectivity index (χ3v) is 5.95. The summed E-state index contributed by atoms with van der Waals surface area (Å²) in [4.78, 5) is 13.7. The normalized spacial score (nSPS) is 42.7. The van der Waals surface area contributed by atoms with Crippen LogP contribution in [0, 0.1) is 11.3 Å². The molecule has 6 heteroatoms. The van der Waals surface area contributed by atoms with Gasteiger partial charge < -0.3 is 15.2 Å². The maximum Gasteiger partial charge on any atom is 0.335 e. The maximum absolute atomic E-state index is 11.3. The molecule has 4 atom stereocenters. The van der Waals surface area contributed by atoms with Gasteiger partial charge in [0.1, 0.15) is 0 Å². The van der Waals surface area contributed by atoms with Crippen molar-refractivity contribution in [2.24, 2.45) is 0 Å². The van der Waals surface area contributed by atoms with E-state index in [0.29, 0.717) is 12.1 Å². The molecule has 3 saturated heterocycles. The van der Waals surface area contributed by atoms with Gasteiger partial charge in [-0.1, -0.05) is 0 Å². The molecule has 4 unspecified atom stereocenters. The van der Waals surface area contributed by atoms with E-state index in [1.54, 1.807) is 12.3 Å². The van der Waals surface area contributed by atoms with Crippen LogP contribution in [0.2, 0.25) is 0 Å². The van der Waals surface area contributed by atoms with Crippen LogP contribution in [-0.2, 0) is 9.53 Å². The maximum atomic E-state index is 11.3. The summed E-state index contributed by atoms with van der Waals surface area (Å²) >= 11 is 0. The quantitative estimate of drug-likeness (QED) is 0.760. The van der Waals surface area contributed by atoms with Crippen LogP contribution in [0.1, 0.15) is 32.6 Å². The number of epoxide rings is 1. The number of hydrogen-bond acceptors (Lipinski definition) is 5. The highest BCUT2D eigenvalue weighted by Crippen LogP contribution is 2.50. The standard InChI is InChI=1S/C17H21N3O3/c1-11(17(9-18)6-12(15(21)22)4-5-19-17)20-13-2-3-14(20)8-16(7-13)10-23-16/h4-6,11,13-14,19H,2-3,7-8,10H2,1H3,(H,21,22). The summed E-state index contributed by atoms with van der Waals surface area (Å²) in [5, 5.41) is 22.2. The SMILES string of the molecule is CC(N1C2CCC1CC1(CO1)C2)C1(C#N)C=C(C(=O)O)C=CN1. The molecule has 0 radical (unpaired) electrons. The van der Waals surface area contributed by atoms with Crippen molar-refractivity contribution in [3.63, 3.8) is 0 Å². The summed E-state index contributed by atoms with van der Waals surface area (Å²) in [5.74, 6) is -0.999. The van der Waals surface area contributed by atoms with E-state index in [-0.39, 0.29) is 17.2 Å². The highest BCUT2D eigenvalue weighted by Gasteiger charge is 2.58. The summed E-state index contributed by atoms with van der Waals surface area (Å²) < 4.78 is 5.68. The van der Waals surface area contributed by atoms with Crippen molar-refractivity contribution < 1.29 is 14.6 Å². The summed E-state index contributed by atoms with van der Waals surface area (Å²) in [6.07, 6.45) is 8.97. The molecule has 2 bridgehead atoms. The van der Waals surface area contributed by atoms with Gasteiger partial charge in [-0.2, -0.15) is 5.26 Å². The summed E-state index contributed by atoms with van der Waals surface area (Å²) in [7, 11) is 0. The number of hydrogen-bond donors (Lipinski definition) is 2. The lowest BCUT2D eigenvalue weighted by Gasteiger charge is -2.47. The molecular formula is C17H21N3O3. The first kappa shape index (κ1) is 14.7. The number of aliphatic carboxylic acids is 1. The number of nitrogens with zero attached hydrogens (tertiary/aromatic N) is 2. The lowest BCUT2D eigenvalue weighted by Crippen LogP contribution is -2.62. The Hall–Kier alpha value is -1.84. The number of fused-ring (bicyclic) bond motifs is 2. The zero-order valence-electron chi connectivity index (χ0n) is 13.2. The van der Waals surface area contributed by atoms with Crippen LogP contribution in [0.25, 0.3) is 0 Å². The van der Waals surface area contributed by atoms with E-state index < -0.39 is 11.5 Å². The number of dihydropyridines is 1. The van der Waals surface area contributed by atoms with E-state index in [9.17, 15) is 15.2 Å². The molecule has 4 rings (SSSR count). The van der Waals surface area contributed by atoms with Crippen LogP contribution in [0.3, 0.4) is 0 Å². The van der Waals surface area contributed by atoms with Gasteiger partial charge in [0, 0.05) is 18.1 Å². The van der Waals surface area contributed by atoms with Gasteiger partial charge in [0.15, 0.2) is 5.54 Å². The van der Waals surface area contributed by atoms with E-state index in [0.717, 1.165) is 32.3 Å². The fourth-order valence-corrected chi connectivity index (χ4v) is 4.68. The minimum Gasteiger partial charge on any atom is -0.478 e. The average molecular weight is 315 g/mol. The summed E-state index contributed by atoms with van der Waals surface area (Å²) in [5.41, 5.74) is -0.731. The lowest BCUT2D eigenvalue weighted by molar-refractivity contribution is -0.132. The van der Waals surface area contributed by atoms with Crippen LogP contribution in [0.15, 0.2) is 23.9 Å². The summed E-state index contributed by atoms with van der Waals surface area (Å²) in [6.45, 7) is 2.90. The lowest BCUT2D eigenvalue weighted by atomic mass is 9.83. The van der Waals surface area contributed by atoms with Gasteiger partial charge in [0.05, 0.1) is 23.9 Å². The van der Waals surface area contributed by atoms with Gasteiger partial charge in [-0.3, -0.25) is 4.90 Å². The van der Waals surface area contributed by atoms with Crippen molar-refractivity contribution in [2.45, 2.75) is 61.9 Å². The second-order valence-corrected chi connectivity index (χ2v) is 7.25. The number of carbonyl (C=O) groups is 1. The minimum absolute atomic E-state index is 0.0969. The smallest absolute Gasteiger partial charge is 0.335 e. The van der Waals surface area contributed by atoms with E-state index in [4.69, 9.17) is 4.74 Å². The molecule has 0 amide bonds. The first-order valence-corrected chi connectivity index (χ1v) is 8.22. The van der Waals surface area contributed by atoms with Crippen molar-refractivity contribution in [2.75, 3.05) is 6.61 Å². The minimum atomic E-state index is -1.00. The third kappa shape index (κ3) is 2.19. The van der Waals surface area contributed by atoms with Crippen LogP contribution in [0.5, 0.6) is 0 Å². The zero-order chi connectivity index (χ0) is 16.2. The van der Waals surface area contributed by atoms with E-state index in [1.807, 2.05) is 6.92 Å². The zero-order valence-corrected chi connectivity index (χ0v) is 13.2. The Morgan fingerprint density at radius 2 is 2.17 bits per heavy atom. The molecule has 4 aliphatic heterocycles. The van der Waals surface area contributed by atoms with E-state index >= 15 is 0 Å². The number of rotatable bonds is 3. The largest absolute Gasteiger partial charge is 0.478 e. The fraction of sp³-hybridized carbons (Fsp3) is 0.647. The van der Waals surface area contributed by atoms with Crippen molar-refractivity contribution in [1.82, 2.24) is 10.2 Å². The molecule has 2 N–H and O–H groups in total. The predicted octanol–water partition coefficient (Wildman–Crippen LogP) is 1.16. The Kier molecular flexibility index (Phi) is 3.09. The molecule has 3 fully saturated rings. The van der Waals surface area contributed by atoms with E-state index in [2.05, 4.69) is 16.3 Å². The van der Waals surface area contributed by atoms with Gasteiger partial charge in [-0.15, -0.1) is 0 Å². The molecule has 23 heavy (non-hydrogen) atoms. The van der Waals surface area contributed by atoms with E-state index in [1.165, 1.54) is 6.08 Å². The fourth-order valence-electron chi connectivity index (χ4n) is 4.68. The van der Waals surface area contributed by atoms with Crippen LogP contribution < -0.4 is 5.32 Å². The molecule has 0 aromatic heterocycles. The Bertz CT molecular complexity index is 630. The molecule has 4 heterocycles. The molecule has 6 nitrogen and oxygen atoms in total. The second kappa shape index (κ2) is 4.83. The third-order valence-electron chi connectivity index (χ3n) is 5.95. The average Bonchev–Trinajstić information content (AvgIpc) is 3.24. The summed E-state index contributed by atoms with van der Waals surface area (Å²) in [6, 6.07) is 3.08.